The van der Waals surface area contributed by atoms with E-state index in [0.717, 1.165) is 11.1 Å². The van der Waals surface area contributed by atoms with Crippen molar-refractivity contribution >= 4 is 47.3 Å². The largest absolute Gasteiger partial charge is 0.493 e. The zero-order chi connectivity index (χ0) is 27.0. The fourth-order valence-electron chi connectivity index (χ4n) is 3.60. The van der Waals surface area contributed by atoms with E-state index >= 15 is 0 Å². The summed E-state index contributed by atoms with van der Waals surface area (Å²) >= 11 is 12.6. The number of benzene rings is 2. The minimum absolute atomic E-state index is 0.00813. The fraction of sp³-hybridized carbons (Fsp3) is 0.333. The second-order valence-electron chi connectivity index (χ2n) is 8.04. The van der Waals surface area contributed by atoms with Crippen molar-refractivity contribution in [3.8, 4) is 23.0 Å². The average molecular weight is 551 g/mol. The van der Waals surface area contributed by atoms with E-state index in [2.05, 4.69) is 0 Å². The first-order valence-electron chi connectivity index (χ1n) is 11.2. The summed E-state index contributed by atoms with van der Waals surface area (Å²) in [5, 5.41) is 0. The molecule has 0 spiro atoms. The highest BCUT2D eigenvalue weighted by molar-refractivity contribution is 6.51. The Bertz CT molecular complexity index is 1090. The van der Waals surface area contributed by atoms with Gasteiger partial charge in [-0.25, -0.2) is 9.59 Å². The van der Waals surface area contributed by atoms with E-state index in [1.165, 1.54) is 26.4 Å². The molecule has 1 aliphatic rings. The van der Waals surface area contributed by atoms with E-state index in [1.807, 2.05) is 0 Å². The average Bonchev–Trinajstić information content (AvgIpc) is 3.45. The van der Waals surface area contributed by atoms with Gasteiger partial charge in [0.15, 0.2) is 23.0 Å². The molecule has 0 N–H and O–H groups in total. The number of ether oxygens (including phenoxy) is 6. The van der Waals surface area contributed by atoms with Crippen molar-refractivity contribution < 1.29 is 38.0 Å². The number of hydrogen-bond donors (Lipinski definition) is 0. The standard InChI is InChI=1S/C27H28Cl2O8/c1-32-21-9-5-17(13-23(21)34-3)7-11-25(30)36-15-19-20(27(19,28)29)16-37-26(31)12-8-18-6-10-22(33-2)24(14-18)35-4/h5-14,19-20H,15-16H2,1-4H3/b11-7+,12-8+. The lowest BCUT2D eigenvalue weighted by atomic mass is 10.2. The van der Waals surface area contributed by atoms with Gasteiger partial charge in [0.25, 0.3) is 0 Å². The SMILES string of the molecule is COc1ccc(/C=C/C(=O)OCC2C(COC(=O)/C=C/c3ccc(OC)c(OC)c3)C2(Cl)Cl)cc1OC. The lowest BCUT2D eigenvalue weighted by Crippen LogP contribution is -2.08. The molecule has 2 aromatic rings. The molecule has 0 aromatic heterocycles. The number of carbonyl (C=O) groups is 2. The van der Waals surface area contributed by atoms with Crippen LogP contribution in [0.25, 0.3) is 12.2 Å². The molecular formula is C27H28Cl2O8. The Morgan fingerprint density at radius 2 is 1.08 bits per heavy atom. The van der Waals surface area contributed by atoms with Gasteiger partial charge in [-0.05, 0) is 47.5 Å². The second-order valence-corrected chi connectivity index (χ2v) is 9.49. The molecule has 1 saturated carbocycles. The van der Waals surface area contributed by atoms with Gasteiger partial charge < -0.3 is 28.4 Å². The van der Waals surface area contributed by atoms with Crippen LogP contribution in [0.15, 0.2) is 48.6 Å². The molecule has 0 amide bonds. The monoisotopic (exact) mass is 550 g/mol. The van der Waals surface area contributed by atoms with Crippen molar-refractivity contribution in [2.75, 3.05) is 41.7 Å². The van der Waals surface area contributed by atoms with Crippen molar-refractivity contribution in [3.63, 3.8) is 0 Å². The Morgan fingerprint density at radius 3 is 1.43 bits per heavy atom. The molecule has 1 fully saturated rings. The number of esters is 2. The van der Waals surface area contributed by atoms with Crippen molar-refractivity contribution in [1.82, 2.24) is 0 Å². The molecule has 1 aliphatic carbocycles. The minimum atomic E-state index is -1.15. The van der Waals surface area contributed by atoms with Crippen molar-refractivity contribution in [3.05, 3.63) is 59.7 Å². The Hall–Kier alpha value is -3.36. The van der Waals surface area contributed by atoms with Crippen LogP contribution in [0.3, 0.4) is 0 Å². The van der Waals surface area contributed by atoms with E-state index in [1.54, 1.807) is 62.8 Å². The predicted octanol–water partition coefficient (Wildman–Crippen LogP) is 4.95. The first kappa shape index (κ1) is 28.2. The van der Waals surface area contributed by atoms with Crippen LogP contribution in [0, 0.1) is 11.8 Å². The van der Waals surface area contributed by atoms with Crippen LogP contribution in [-0.4, -0.2) is 57.9 Å². The summed E-state index contributed by atoms with van der Waals surface area (Å²) < 4.78 is 30.3. The van der Waals surface area contributed by atoms with Gasteiger partial charge in [0.1, 0.15) is 4.33 Å². The molecule has 0 aliphatic heterocycles. The number of hydrogen-bond acceptors (Lipinski definition) is 8. The molecule has 2 aromatic carbocycles. The van der Waals surface area contributed by atoms with Crippen molar-refractivity contribution in [2.45, 2.75) is 4.33 Å². The number of alkyl halides is 2. The summed E-state index contributed by atoms with van der Waals surface area (Å²) in [5.41, 5.74) is 1.46. The molecule has 8 nitrogen and oxygen atoms in total. The summed E-state index contributed by atoms with van der Waals surface area (Å²) in [5.74, 6) is 0.411. The van der Waals surface area contributed by atoms with Gasteiger partial charge >= 0.3 is 11.9 Å². The minimum Gasteiger partial charge on any atom is -0.493 e. The molecule has 0 bridgehead atoms. The summed E-state index contributed by atoms with van der Waals surface area (Å²) in [6.45, 7) is -0.0163. The fourth-order valence-corrected chi connectivity index (χ4v) is 4.33. The Labute approximate surface area is 225 Å². The van der Waals surface area contributed by atoms with Crippen molar-refractivity contribution in [2.24, 2.45) is 11.8 Å². The molecule has 0 heterocycles. The van der Waals surface area contributed by atoms with Crippen LogP contribution in [-0.2, 0) is 19.1 Å². The van der Waals surface area contributed by atoms with Gasteiger partial charge in [-0.15, -0.1) is 23.2 Å². The predicted molar refractivity (Wildman–Crippen MR) is 140 cm³/mol. The summed E-state index contributed by atoms with van der Waals surface area (Å²) in [7, 11) is 6.15. The molecular weight excluding hydrogens is 523 g/mol. The Kier molecular flexibility index (Phi) is 9.72. The molecule has 2 atom stereocenters. The Morgan fingerprint density at radius 1 is 0.703 bits per heavy atom. The summed E-state index contributed by atoms with van der Waals surface area (Å²) in [4.78, 5) is 24.3. The first-order valence-corrected chi connectivity index (χ1v) is 12.0. The van der Waals surface area contributed by atoms with Gasteiger partial charge in [0.05, 0.1) is 41.7 Å². The first-order chi connectivity index (χ1) is 17.7. The lowest BCUT2D eigenvalue weighted by molar-refractivity contribution is -0.140. The normalized spacial score (nSPS) is 17.9. The maximum atomic E-state index is 12.2. The number of halogens is 2. The number of methoxy groups -OCH3 is 4. The van der Waals surface area contributed by atoms with E-state index in [0.29, 0.717) is 23.0 Å². The highest BCUT2D eigenvalue weighted by atomic mass is 35.5. The third kappa shape index (κ3) is 7.33. The van der Waals surface area contributed by atoms with Crippen LogP contribution in [0.4, 0.5) is 0 Å². The highest BCUT2D eigenvalue weighted by Crippen LogP contribution is 2.59. The van der Waals surface area contributed by atoms with Crippen LogP contribution >= 0.6 is 23.2 Å². The summed E-state index contributed by atoms with van der Waals surface area (Å²) in [6.07, 6.45) is 5.77. The second kappa shape index (κ2) is 12.7. The molecule has 10 heteroatoms. The Balaban J connectivity index is 1.46. The zero-order valence-corrected chi connectivity index (χ0v) is 22.4. The number of carbonyl (C=O) groups excluding carboxylic acids is 2. The third-order valence-electron chi connectivity index (χ3n) is 5.81. The zero-order valence-electron chi connectivity index (χ0n) is 20.9. The van der Waals surface area contributed by atoms with Gasteiger partial charge in [-0.2, -0.15) is 0 Å². The van der Waals surface area contributed by atoms with Crippen LogP contribution in [0.2, 0.25) is 0 Å². The number of rotatable bonds is 12. The van der Waals surface area contributed by atoms with Gasteiger partial charge in [-0.3, -0.25) is 0 Å². The quantitative estimate of drug-likeness (QED) is 0.208. The lowest BCUT2D eigenvalue weighted by Gasteiger charge is -2.07. The van der Waals surface area contributed by atoms with Crippen LogP contribution in [0.5, 0.6) is 23.0 Å². The van der Waals surface area contributed by atoms with Crippen LogP contribution < -0.4 is 18.9 Å². The molecule has 0 radical (unpaired) electrons. The third-order valence-corrected chi connectivity index (χ3v) is 6.94. The van der Waals surface area contributed by atoms with Gasteiger partial charge in [0.2, 0.25) is 0 Å². The molecule has 0 saturated heterocycles. The van der Waals surface area contributed by atoms with Crippen molar-refractivity contribution in [1.29, 1.82) is 0 Å². The summed E-state index contributed by atoms with van der Waals surface area (Å²) in [6, 6.07) is 10.5. The highest BCUT2D eigenvalue weighted by Gasteiger charge is 2.64. The molecule has 37 heavy (non-hydrogen) atoms. The smallest absolute Gasteiger partial charge is 0.330 e. The maximum Gasteiger partial charge on any atom is 0.330 e. The van der Waals surface area contributed by atoms with E-state index in [9.17, 15) is 9.59 Å². The van der Waals surface area contributed by atoms with E-state index in [-0.39, 0.29) is 25.0 Å². The van der Waals surface area contributed by atoms with E-state index in [4.69, 9.17) is 51.6 Å². The molecule has 198 valence electrons. The van der Waals surface area contributed by atoms with Crippen LogP contribution in [0.1, 0.15) is 11.1 Å². The maximum absolute atomic E-state index is 12.2. The topological polar surface area (TPSA) is 89.5 Å². The van der Waals surface area contributed by atoms with Gasteiger partial charge in [-0.1, -0.05) is 12.1 Å². The van der Waals surface area contributed by atoms with Gasteiger partial charge in [0, 0.05) is 24.0 Å². The molecule has 3 rings (SSSR count). The van der Waals surface area contributed by atoms with E-state index < -0.39 is 16.3 Å². The molecule has 2 unspecified atom stereocenters.